The van der Waals surface area contributed by atoms with Gasteiger partial charge < -0.3 is 0 Å². The van der Waals surface area contributed by atoms with Gasteiger partial charge in [0.15, 0.2) is 5.78 Å². The molecular weight excluding hydrogens is 366 g/mol. The maximum absolute atomic E-state index is 12.8. The molecule has 0 unspecified atom stereocenters. The van der Waals surface area contributed by atoms with Crippen LogP contribution in [0.1, 0.15) is 27.0 Å². The summed E-state index contributed by atoms with van der Waals surface area (Å²) in [7, 11) is 0. The third-order valence-corrected chi connectivity index (χ3v) is 5.56. The second kappa shape index (κ2) is 7.23. The molecule has 0 aliphatic heterocycles. The number of benzene rings is 4. The molecule has 0 radical (unpaired) electrons. The van der Waals surface area contributed by atoms with E-state index < -0.39 is 0 Å². The molecule has 0 saturated carbocycles. The van der Waals surface area contributed by atoms with Crippen molar-refractivity contribution in [2.45, 2.75) is 13.8 Å². The van der Waals surface area contributed by atoms with Gasteiger partial charge in [-0.1, -0.05) is 77.9 Å². The summed E-state index contributed by atoms with van der Waals surface area (Å²) in [4.78, 5) is 17.7. The lowest BCUT2D eigenvalue weighted by molar-refractivity contribution is 0.103. The average Bonchev–Trinajstić information content (AvgIpc) is 2.78. The van der Waals surface area contributed by atoms with E-state index in [2.05, 4.69) is 62.4 Å². The van der Waals surface area contributed by atoms with Crippen molar-refractivity contribution in [3.8, 4) is 11.1 Å². The van der Waals surface area contributed by atoms with Gasteiger partial charge in [-0.2, -0.15) is 0 Å². The van der Waals surface area contributed by atoms with Gasteiger partial charge in [0.05, 0.1) is 11.0 Å². The van der Waals surface area contributed by atoms with Crippen LogP contribution >= 0.6 is 0 Å². The van der Waals surface area contributed by atoms with Crippen molar-refractivity contribution in [2.75, 3.05) is 0 Å². The number of carbonyl (C=O) groups is 1. The minimum absolute atomic E-state index is 0.0401. The molecular formula is C28H21NO. The second-order valence-electron chi connectivity index (χ2n) is 7.80. The standard InChI is InChI=1S/C28H21NO/c1-18-8-14-25-23(16-18)27(24-17-19(2)9-15-26(24)29-25)20-10-12-22(13-11-20)28(30)21-6-4-3-5-7-21/h3-17H,1-2H3. The number of ketones is 1. The maximum Gasteiger partial charge on any atom is 0.193 e. The first-order valence-corrected chi connectivity index (χ1v) is 10.1. The Hall–Kier alpha value is -3.78. The number of hydrogen-bond acceptors (Lipinski definition) is 2. The molecule has 0 amide bonds. The minimum atomic E-state index is 0.0401. The molecule has 0 spiro atoms. The van der Waals surface area contributed by atoms with E-state index in [1.165, 1.54) is 16.7 Å². The van der Waals surface area contributed by atoms with Crippen molar-refractivity contribution in [2.24, 2.45) is 0 Å². The zero-order valence-electron chi connectivity index (χ0n) is 17.0. The highest BCUT2D eigenvalue weighted by Crippen LogP contribution is 2.36. The smallest absolute Gasteiger partial charge is 0.193 e. The Morgan fingerprint density at radius 3 is 1.73 bits per heavy atom. The number of nitrogens with zero attached hydrogens (tertiary/aromatic N) is 1. The molecule has 0 aliphatic rings. The summed E-state index contributed by atoms with van der Waals surface area (Å²) in [5.41, 5.74) is 8.03. The molecule has 2 nitrogen and oxygen atoms in total. The third kappa shape index (κ3) is 3.17. The number of aromatic nitrogens is 1. The molecule has 0 saturated heterocycles. The van der Waals surface area contributed by atoms with Crippen molar-refractivity contribution >= 4 is 27.6 Å². The van der Waals surface area contributed by atoms with Crippen molar-refractivity contribution in [3.05, 3.63) is 113 Å². The first-order chi connectivity index (χ1) is 14.6. The molecule has 0 N–H and O–H groups in total. The Kier molecular flexibility index (Phi) is 4.40. The number of pyridine rings is 1. The highest BCUT2D eigenvalue weighted by molar-refractivity contribution is 6.11. The van der Waals surface area contributed by atoms with Crippen LogP contribution in [0.2, 0.25) is 0 Å². The maximum atomic E-state index is 12.8. The number of fused-ring (bicyclic) bond motifs is 2. The molecule has 0 fully saturated rings. The van der Waals surface area contributed by atoms with Crippen molar-refractivity contribution < 1.29 is 4.79 Å². The molecule has 0 bridgehead atoms. The fourth-order valence-corrected chi connectivity index (χ4v) is 4.03. The summed E-state index contributed by atoms with van der Waals surface area (Å²) in [5.74, 6) is 0.0401. The Morgan fingerprint density at radius 1 is 0.633 bits per heavy atom. The normalized spacial score (nSPS) is 11.1. The lowest BCUT2D eigenvalue weighted by Gasteiger charge is -2.13. The highest BCUT2D eigenvalue weighted by Gasteiger charge is 2.14. The molecule has 4 aromatic carbocycles. The van der Waals surface area contributed by atoms with E-state index in [0.29, 0.717) is 11.1 Å². The van der Waals surface area contributed by atoms with Gasteiger partial charge in [-0.3, -0.25) is 4.79 Å². The quantitative estimate of drug-likeness (QED) is 0.249. The van der Waals surface area contributed by atoms with Gasteiger partial charge in [0, 0.05) is 27.5 Å². The van der Waals surface area contributed by atoms with Gasteiger partial charge in [0.2, 0.25) is 0 Å². The Labute approximate surface area is 175 Å². The van der Waals surface area contributed by atoms with Crippen molar-refractivity contribution in [1.82, 2.24) is 4.98 Å². The van der Waals surface area contributed by atoms with Gasteiger partial charge in [0.25, 0.3) is 0 Å². The summed E-state index contributed by atoms with van der Waals surface area (Å²) in [6.45, 7) is 4.20. The minimum Gasteiger partial charge on any atom is -0.289 e. The summed E-state index contributed by atoms with van der Waals surface area (Å²) >= 11 is 0. The van der Waals surface area contributed by atoms with E-state index in [9.17, 15) is 4.79 Å². The van der Waals surface area contributed by atoms with E-state index in [4.69, 9.17) is 4.98 Å². The third-order valence-electron chi connectivity index (χ3n) is 5.56. The predicted molar refractivity (Wildman–Crippen MR) is 124 cm³/mol. The SMILES string of the molecule is Cc1ccc2nc3ccc(C)cc3c(-c3ccc(C(=O)c4ccccc4)cc3)c2c1. The lowest BCUT2D eigenvalue weighted by Crippen LogP contribution is -2.00. The molecule has 5 rings (SSSR count). The number of rotatable bonds is 3. The first kappa shape index (κ1) is 18.3. The fraction of sp³-hybridized carbons (Fsp3) is 0.0714. The van der Waals surface area contributed by atoms with Crippen LogP contribution in [-0.2, 0) is 0 Å². The molecule has 0 atom stereocenters. The molecule has 0 aliphatic carbocycles. The van der Waals surface area contributed by atoms with Crippen molar-refractivity contribution in [1.29, 1.82) is 0 Å². The van der Waals surface area contributed by atoms with E-state index in [0.717, 1.165) is 27.4 Å². The molecule has 144 valence electrons. The lowest BCUT2D eigenvalue weighted by atomic mass is 9.93. The van der Waals surface area contributed by atoms with Crippen LogP contribution in [0.4, 0.5) is 0 Å². The van der Waals surface area contributed by atoms with Crippen LogP contribution in [0.15, 0.2) is 91.0 Å². The van der Waals surface area contributed by atoms with Crippen LogP contribution in [0.5, 0.6) is 0 Å². The van der Waals surface area contributed by atoms with E-state index in [1.54, 1.807) is 0 Å². The fourth-order valence-electron chi connectivity index (χ4n) is 4.03. The van der Waals surface area contributed by atoms with Crippen LogP contribution in [0.3, 0.4) is 0 Å². The first-order valence-electron chi connectivity index (χ1n) is 10.1. The van der Waals surface area contributed by atoms with E-state index in [1.807, 2.05) is 42.5 Å². The Balaban J connectivity index is 1.70. The van der Waals surface area contributed by atoms with Gasteiger partial charge >= 0.3 is 0 Å². The van der Waals surface area contributed by atoms with Crippen LogP contribution in [0.25, 0.3) is 32.9 Å². The summed E-state index contributed by atoms with van der Waals surface area (Å²) in [5, 5.41) is 2.27. The predicted octanol–water partition coefficient (Wildman–Crippen LogP) is 6.90. The Bertz CT molecular complexity index is 1340. The molecule has 1 heterocycles. The van der Waals surface area contributed by atoms with Gasteiger partial charge in [-0.25, -0.2) is 4.98 Å². The molecule has 30 heavy (non-hydrogen) atoms. The van der Waals surface area contributed by atoms with Crippen LogP contribution < -0.4 is 0 Å². The molecule has 1 aromatic heterocycles. The number of hydrogen-bond donors (Lipinski definition) is 0. The number of carbonyl (C=O) groups excluding carboxylic acids is 1. The highest BCUT2D eigenvalue weighted by atomic mass is 16.1. The van der Waals surface area contributed by atoms with E-state index >= 15 is 0 Å². The van der Waals surface area contributed by atoms with Crippen LogP contribution in [-0.4, -0.2) is 10.8 Å². The summed E-state index contributed by atoms with van der Waals surface area (Å²) in [6.07, 6.45) is 0. The van der Waals surface area contributed by atoms with Crippen molar-refractivity contribution in [3.63, 3.8) is 0 Å². The van der Waals surface area contributed by atoms with Crippen LogP contribution in [0, 0.1) is 13.8 Å². The average molecular weight is 387 g/mol. The largest absolute Gasteiger partial charge is 0.289 e. The zero-order chi connectivity index (χ0) is 20.7. The monoisotopic (exact) mass is 387 g/mol. The van der Waals surface area contributed by atoms with Gasteiger partial charge in [0.1, 0.15) is 0 Å². The molecule has 5 aromatic rings. The molecule has 2 heteroatoms. The van der Waals surface area contributed by atoms with Gasteiger partial charge in [-0.15, -0.1) is 0 Å². The topological polar surface area (TPSA) is 30.0 Å². The van der Waals surface area contributed by atoms with Gasteiger partial charge in [-0.05, 0) is 43.7 Å². The zero-order valence-corrected chi connectivity index (χ0v) is 17.0. The summed E-state index contributed by atoms with van der Waals surface area (Å²) in [6, 6.07) is 30.1. The number of aryl methyl sites for hydroxylation is 2. The summed E-state index contributed by atoms with van der Waals surface area (Å²) < 4.78 is 0. The second-order valence-corrected chi connectivity index (χ2v) is 7.80. The van der Waals surface area contributed by atoms with E-state index in [-0.39, 0.29) is 5.78 Å². The Morgan fingerprint density at radius 2 is 1.17 bits per heavy atom.